The molecule has 15 heavy (non-hydrogen) atoms. The zero-order valence-corrected chi connectivity index (χ0v) is 10.6. The first kappa shape index (κ1) is 12.5. The van der Waals surface area contributed by atoms with Crippen LogP contribution in [0.5, 0.6) is 0 Å². The van der Waals surface area contributed by atoms with Crippen molar-refractivity contribution in [3.63, 3.8) is 0 Å². The van der Waals surface area contributed by atoms with Crippen LogP contribution in [0.4, 0.5) is 0 Å². The zero-order valence-electron chi connectivity index (χ0n) is 10.6. The predicted molar refractivity (Wildman–Crippen MR) is 63.4 cm³/mol. The van der Waals surface area contributed by atoms with E-state index in [0.29, 0.717) is 23.3 Å². The third-order valence-electron chi connectivity index (χ3n) is 3.22. The largest absolute Gasteiger partial charge is 0.313 e. The van der Waals surface area contributed by atoms with Crippen molar-refractivity contribution in [2.45, 2.75) is 59.4 Å². The van der Waals surface area contributed by atoms with E-state index >= 15 is 0 Å². The minimum Gasteiger partial charge on any atom is -0.313 e. The van der Waals surface area contributed by atoms with Crippen LogP contribution in [-0.4, -0.2) is 12.6 Å². The molecular formula is C13H24N2. The Hall–Kier alpha value is -0.550. The Bertz CT molecular complexity index is 232. The van der Waals surface area contributed by atoms with Gasteiger partial charge in [0.1, 0.15) is 0 Å². The first-order valence-electron chi connectivity index (χ1n) is 5.95. The molecule has 0 unspecified atom stereocenters. The molecule has 0 radical (unpaired) electrons. The van der Waals surface area contributed by atoms with Crippen LogP contribution in [0.2, 0.25) is 0 Å². The number of nitrogens with zero attached hydrogens (tertiary/aromatic N) is 1. The third-order valence-corrected chi connectivity index (χ3v) is 3.22. The monoisotopic (exact) mass is 208 g/mol. The quantitative estimate of drug-likeness (QED) is 0.723. The van der Waals surface area contributed by atoms with Gasteiger partial charge in [0.25, 0.3) is 0 Å². The van der Waals surface area contributed by atoms with E-state index < -0.39 is 0 Å². The number of rotatable bonds is 3. The van der Waals surface area contributed by atoms with Gasteiger partial charge in [0.05, 0.1) is 6.07 Å². The van der Waals surface area contributed by atoms with E-state index in [1.165, 1.54) is 19.3 Å². The van der Waals surface area contributed by atoms with E-state index in [1.54, 1.807) is 0 Å². The van der Waals surface area contributed by atoms with Gasteiger partial charge in [-0.15, -0.1) is 0 Å². The molecule has 0 aromatic carbocycles. The van der Waals surface area contributed by atoms with Gasteiger partial charge in [-0.2, -0.15) is 5.26 Å². The molecule has 1 saturated carbocycles. The van der Waals surface area contributed by atoms with Crippen LogP contribution in [0.25, 0.3) is 0 Å². The van der Waals surface area contributed by atoms with Crippen LogP contribution in [0.3, 0.4) is 0 Å². The molecule has 1 aliphatic carbocycles. The maximum Gasteiger partial charge on any atom is 0.0635 e. The lowest BCUT2D eigenvalue weighted by molar-refractivity contribution is 0.0855. The Labute approximate surface area is 94.1 Å². The molecular weight excluding hydrogens is 184 g/mol. The van der Waals surface area contributed by atoms with Gasteiger partial charge in [-0.1, -0.05) is 27.7 Å². The highest BCUT2D eigenvalue weighted by Crippen LogP contribution is 2.45. The Morgan fingerprint density at radius 3 is 2.20 bits per heavy atom. The van der Waals surface area contributed by atoms with Gasteiger partial charge in [0, 0.05) is 19.0 Å². The summed E-state index contributed by atoms with van der Waals surface area (Å²) >= 11 is 0. The molecule has 0 bridgehead atoms. The Balaban J connectivity index is 2.49. The number of nitrogens with one attached hydrogen (secondary N) is 1. The summed E-state index contributed by atoms with van der Waals surface area (Å²) in [7, 11) is 0. The zero-order chi connectivity index (χ0) is 11.5. The summed E-state index contributed by atoms with van der Waals surface area (Å²) < 4.78 is 0. The molecule has 0 saturated heterocycles. The normalized spacial score (nSPS) is 24.7. The van der Waals surface area contributed by atoms with Gasteiger partial charge in [-0.25, -0.2) is 0 Å². The summed E-state index contributed by atoms with van der Waals surface area (Å²) in [6, 6.07) is 2.78. The molecule has 1 aliphatic rings. The molecule has 1 N–H and O–H groups in total. The number of nitriles is 1. The smallest absolute Gasteiger partial charge is 0.0635 e. The maximum atomic E-state index is 8.51. The van der Waals surface area contributed by atoms with Gasteiger partial charge in [0.15, 0.2) is 0 Å². The molecule has 0 spiro atoms. The topological polar surface area (TPSA) is 35.8 Å². The molecule has 0 aromatic heterocycles. The summed E-state index contributed by atoms with van der Waals surface area (Å²) in [4.78, 5) is 0. The first-order chi connectivity index (χ1) is 6.85. The standard InChI is InChI=1S/C13H24N2/c1-12(2)8-11(15-7-5-6-14)9-13(3,4)10-12/h11,15H,5,7-10H2,1-4H3. The van der Waals surface area contributed by atoms with E-state index in [9.17, 15) is 0 Å². The van der Waals surface area contributed by atoms with Crippen molar-refractivity contribution < 1.29 is 0 Å². The minimum atomic E-state index is 0.437. The molecule has 0 amide bonds. The lowest BCUT2D eigenvalue weighted by Crippen LogP contribution is -2.44. The fourth-order valence-electron chi connectivity index (χ4n) is 3.32. The highest BCUT2D eigenvalue weighted by Gasteiger charge is 2.37. The van der Waals surface area contributed by atoms with Crippen molar-refractivity contribution in [1.29, 1.82) is 5.26 Å². The second-order valence-corrected chi connectivity index (χ2v) is 6.47. The average Bonchev–Trinajstić information content (AvgIpc) is 1.98. The fraction of sp³-hybridized carbons (Fsp3) is 0.923. The molecule has 1 fully saturated rings. The van der Waals surface area contributed by atoms with Gasteiger partial charge >= 0.3 is 0 Å². The Morgan fingerprint density at radius 1 is 1.20 bits per heavy atom. The van der Waals surface area contributed by atoms with Gasteiger partial charge in [-0.3, -0.25) is 0 Å². The van der Waals surface area contributed by atoms with Gasteiger partial charge in [0.2, 0.25) is 0 Å². The molecule has 1 rings (SSSR count). The third kappa shape index (κ3) is 4.22. The van der Waals surface area contributed by atoms with Gasteiger partial charge < -0.3 is 5.32 Å². The Morgan fingerprint density at radius 2 is 1.73 bits per heavy atom. The highest BCUT2D eigenvalue weighted by atomic mass is 14.9. The van der Waals surface area contributed by atoms with Crippen molar-refractivity contribution >= 4 is 0 Å². The summed E-state index contributed by atoms with van der Waals surface area (Å²) in [6.45, 7) is 10.3. The molecule has 0 atom stereocenters. The van der Waals surface area contributed by atoms with Crippen molar-refractivity contribution in [3.8, 4) is 6.07 Å². The maximum absolute atomic E-state index is 8.51. The summed E-state index contributed by atoms with van der Waals surface area (Å²) in [5, 5.41) is 12.0. The number of hydrogen-bond donors (Lipinski definition) is 1. The summed E-state index contributed by atoms with van der Waals surface area (Å²) in [5.41, 5.74) is 0.873. The van der Waals surface area contributed by atoms with Crippen LogP contribution in [0.1, 0.15) is 53.4 Å². The van der Waals surface area contributed by atoms with Crippen molar-refractivity contribution in [2.75, 3.05) is 6.54 Å². The molecule has 86 valence electrons. The second-order valence-electron chi connectivity index (χ2n) is 6.47. The SMILES string of the molecule is CC1(C)CC(NCCC#N)CC(C)(C)C1. The second kappa shape index (κ2) is 4.53. The Kier molecular flexibility index (Phi) is 3.78. The lowest BCUT2D eigenvalue weighted by atomic mass is 9.63. The summed E-state index contributed by atoms with van der Waals surface area (Å²) in [6.07, 6.45) is 4.40. The fourth-order valence-corrected chi connectivity index (χ4v) is 3.32. The van der Waals surface area contributed by atoms with Crippen molar-refractivity contribution in [3.05, 3.63) is 0 Å². The predicted octanol–water partition coefficient (Wildman–Crippen LogP) is 3.09. The van der Waals surface area contributed by atoms with E-state index in [1.807, 2.05) is 0 Å². The van der Waals surface area contributed by atoms with Crippen LogP contribution in [0, 0.1) is 22.2 Å². The molecule has 2 heteroatoms. The van der Waals surface area contributed by atoms with E-state index in [-0.39, 0.29) is 0 Å². The lowest BCUT2D eigenvalue weighted by Gasteiger charge is -2.45. The van der Waals surface area contributed by atoms with Crippen molar-refractivity contribution in [2.24, 2.45) is 10.8 Å². The molecule has 0 aliphatic heterocycles. The van der Waals surface area contributed by atoms with Crippen LogP contribution in [-0.2, 0) is 0 Å². The van der Waals surface area contributed by atoms with Crippen LogP contribution < -0.4 is 5.32 Å². The van der Waals surface area contributed by atoms with Crippen molar-refractivity contribution in [1.82, 2.24) is 5.32 Å². The van der Waals surface area contributed by atoms with E-state index in [2.05, 4.69) is 39.1 Å². The molecule has 0 aromatic rings. The van der Waals surface area contributed by atoms with Crippen LogP contribution in [0.15, 0.2) is 0 Å². The summed E-state index contributed by atoms with van der Waals surface area (Å²) in [5.74, 6) is 0. The average molecular weight is 208 g/mol. The molecule has 0 heterocycles. The first-order valence-corrected chi connectivity index (χ1v) is 5.95. The molecule has 2 nitrogen and oxygen atoms in total. The van der Waals surface area contributed by atoms with E-state index in [4.69, 9.17) is 5.26 Å². The number of hydrogen-bond acceptors (Lipinski definition) is 2. The van der Waals surface area contributed by atoms with Gasteiger partial charge in [-0.05, 0) is 30.1 Å². The van der Waals surface area contributed by atoms with Crippen LogP contribution >= 0.6 is 0 Å². The minimum absolute atomic E-state index is 0.437. The van der Waals surface area contributed by atoms with E-state index in [0.717, 1.165) is 6.54 Å². The highest BCUT2D eigenvalue weighted by molar-refractivity contribution is 4.92.